The molecule has 1 saturated heterocycles. The Morgan fingerprint density at radius 2 is 2.24 bits per heavy atom. The summed E-state index contributed by atoms with van der Waals surface area (Å²) in [6.45, 7) is 6.67. The smallest absolute Gasteiger partial charge is 0.330 e. The first-order valence-electron chi connectivity index (χ1n) is 7.04. The van der Waals surface area contributed by atoms with Gasteiger partial charge in [0.05, 0.1) is 12.0 Å². The van der Waals surface area contributed by atoms with E-state index in [2.05, 4.69) is 10.3 Å². The van der Waals surface area contributed by atoms with Crippen molar-refractivity contribution in [2.45, 2.75) is 39.7 Å². The highest BCUT2D eigenvalue weighted by Crippen LogP contribution is 2.19. The lowest BCUT2D eigenvalue weighted by Crippen LogP contribution is -2.49. The molecule has 1 aromatic heterocycles. The third-order valence-electron chi connectivity index (χ3n) is 3.17. The highest BCUT2D eigenvalue weighted by molar-refractivity contribution is 7.11. The van der Waals surface area contributed by atoms with E-state index in [9.17, 15) is 9.59 Å². The van der Waals surface area contributed by atoms with Crippen LogP contribution in [0, 0.1) is 5.41 Å². The van der Waals surface area contributed by atoms with E-state index in [0.29, 0.717) is 18.1 Å². The summed E-state index contributed by atoms with van der Waals surface area (Å²) < 4.78 is 0. The van der Waals surface area contributed by atoms with Gasteiger partial charge in [-0.25, -0.2) is 9.78 Å². The van der Waals surface area contributed by atoms with Crippen molar-refractivity contribution < 1.29 is 14.4 Å². The fraction of sp³-hybridized carbons (Fsp3) is 0.643. The Labute approximate surface area is 128 Å². The normalized spacial score (nSPS) is 20.0. The van der Waals surface area contributed by atoms with E-state index in [1.807, 2.05) is 20.8 Å². The third-order valence-corrected chi connectivity index (χ3v) is 3.94. The van der Waals surface area contributed by atoms with Crippen LogP contribution in [0.3, 0.4) is 0 Å². The van der Waals surface area contributed by atoms with Crippen molar-refractivity contribution >= 4 is 23.2 Å². The molecule has 1 amide bonds. The number of amides is 1. The van der Waals surface area contributed by atoms with Gasteiger partial charge in [-0.15, -0.1) is 16.4 Å². The van der Waals surface area contributed by atoms with Gasteiger partial charge in [0.1, 0.15) is 0 Å². The quantitative estimate of drug-likeness (QED) is 0.922. The molecule has 0 radical (unpaired) electrons. The molecule has 0 bridgehead atoms. The van der Waals surface area contributed by atoms with Crippen LogP contribution >= 0.6 is 11.3 Å². The maximum absolute atomic E-state index is 12.0. The zero-order chi connectivity index (χ0) is 15.5. The van der Waals surface area contributed by atoms with Crippen molar-refractivity contribution in [1.82, 2.24) is 15.4 Å². The fourth-order valence-electron chi connectivity index (χ4n) is 1.98. The monoisotopic (exact) mass is 311 g/mol. The third kappa shape index (κ3) is 4.50. The molecule has 1 aliphatic heterocycles. The first-order valence-corrected chi connectivity index (χ1v) is 7.92. The Balaban J connectivity index is 1.86. The second kappa shape index (κ2) is 6.53. The Kier molecular flexibility index (Phi) is 4.95. The average Bonchev–Trinajstić information content (AvgIpc) is 2.91. The lowest BCUT2D eigenvalue weighted by atomic mass is 9.98. The topological polar surface area (TPSA) is 71.5 Å². The molecule has 1 aliphatic rings. The van der Waals surface area contributed by atoms with Gasteiger partial charge in [-0.05, 0) is 33.6 Å². The van der Waals surface area contributed by atoms with Crippen molar-refractivity contribution in [3.05, 3.63) is 16.6 Å². The van der Waals surface area contributed by atoms with Gasteiger partial charge < -0.3 is 10.2 Å². The van der Waals surface area contributed by atoms with Crippen molar-refractivity contribution in [2.24, 2.45) is 5.41 Å². The number of nitrogens with zero attached hydrogens (tertiary/aromatic N) is 2. The summed E-state index contributed by atoms with van der Waals surface area (Å²) in [4.78, 5) is 33.2. The molecule has 0 spiro atoms. The summed E-state index contributed by atoms with van der Waals surface area (Å²) in [5.41, 5.74) is -0.531. The molecule has 0 aromatic carbocycles. The number of nitrogens with one attached hydrogen (secondary N) is 1. The summed E-state index contributed by atoms with van der Waals surface area (Å²) in [5, 5.41) is 6.81. The van der Waals surface area contributed by atoms with Gasteiger partial charge in [0.2, 0.25) is 0 Å². The molecule has 1 aromatic rings. The van der Waals surface area contributed by atoms with Gasteiger partial charge in [0.25, 0.3) is 5.91 Å². The predicted octanol–water partition coefficient (Wildman–Crippen LogP) is 1.84. The predicted molar refractivity (Wildman–Crippen MR) is 79.7 cm³/mol. The largest absolute Gasteiger partial charge is 0.367 e. The van der Waals surface area contributed by atoms with Crippen LogP contribution in [0.15, 0.2) is 11.6 Å². The maximum atomic E-state index is 12.0. The minimum absolute atomic E-state index is 0.0251. The van der Waals surface area contributed by atoms with Crippen LogP contribution in [0.5, 0.6) is 0 Å². The molecular formula is C14H21N3O3S. The first kappa shape index (κ1) is 15.9. The minimum atomic E-state index is -0.531. The van der Waals surface area contributed by atoms with E-state index in [0.717, 1.165) is 12.8 Å². The van der Waals surface area contributed by atoms with Gasteiger partial charge >= 0.3 is 5.97 Å². The summed E-state index contributed by atoms with van der Waals surface area (Å²) in [5.74, 6) is -0.423. The molecule has 1 N–H and O–H groups in total. The molecule has 1 atom stereocenters. The number of piperidine rings is 1. The number of carbonyl (C=O) groups is 2. The van der Waals surface area contributed by atoms with Gasteiger partial charge in [-0.3, -0.25) is 4.79 Å². The molecule has 116 valence electrons. The minimum Gasteiger partial charge on any atom is -0.367 e. The van der Waals surface area contributed by atoms with Crippen LogP contribution < -0.4 is 5.32 Å². The van der Waals surface area contributed by atoms with Crippen LogP contribution in [0.2, 0.25) is 0 Å². The van der Waals surface area contributed by atoms with Crippen molar-refractivity contribution in [2.75, 3.05) is 13.1 Å². The zero-order valence-electron chi connectivity index (χ0n) is 12.6. The number of carbonyl (C=O) groups excluding carboxylic acids is 2. The van der Waals surface area contributed by atoms with E-state index < -0.39 is 5.41 Å². The number of hydrogen-bond acceptors (Lipinski definition) is 6. The van der Waals surface area contributed by atoms with E-state index in [1.54, 1.807) is 16.6 Å². The summed E-state index contributed by atoms with van der Waals surface area (Å²) in [7, 11) is 0. The fourth-order valence-corrected chi connectivity index (χ4v) is 2.52. The Bertz CT molecular complexity index is 496. The number of rotatable bonds is 3. The van der Waals surface area contributed by atoms with Crippen LogP contribution in [0.4, 0.5) is 0 Å². The summed E-state index contributed by atoms with van der Waals surface area (Å²) >= 11 is 1.31. The zero-order valence-corrected chi connectivity index (χ0v) is 13.4. The number of aromatic nitrogens is 1. The molecule has 7 heteroatoms. The standard InChI is InChI=1S/C14H21N3O3S/c1-14(2,3)13(19)20-17-7-4-5-10(9-17)16-11(18)12-15-6-8-21-12/h6,8,10H,4-5,7,9H2,1-3H3,(H,16,18)/t10-/m1/s1. The highest BCUT2D eigenvalue weighted by Gasteiger charge is 2.29. The van der Waals surface area contributed by atoms with E-state index in [-0.39, 0.29) is 17.9 Å². The average molecular weight is 311 g/mol. The molecular weight excluding hydrogens is 290 g/mol. The highest BCUT2D eigenvalue weighted by atomic mass is 32.1. The molecule has 2 heterocycles. The Morgan fingerprint density at radius 3 is 2.86 bits per heavy atom. The van der Waals surface area contributed by atoms with Gasteiger partial charge in [0, 0.05) is 24.2 Å². The second-order valence-electron chi connectivity index (χ2n) is 6.17. The molecule has 0 unspecified atom stereocenters. The first-order chi connectivity index (χ1) is 9.86. The van der Waals surface area contributed by atoms with E-state index in [1.165, 1.54) is 11.3 Å². The lowest BCUT2D eigenvalue weighted by molar-refractivity contribution is -0.205. The molecule has 21 heavy (non-hydrogen) atoms. The Morgan fingerprint density at radius 1 is 1.48 bits per heavy atom. The SMILES string of the molecule is CC(C)(C)C(=O)ON1CCC[C@@H](NC(=O)c2nccs2)C1. The van der Waals surface area contributed by atoms with Gasteiger partial charge in [-0.2, -0.15) is 0 Å². The van der Waals surface area contributed by atoms with E-state index in [4.69, 9.17) is 4.84 Å². The van der Waals surface area contributed by atoms with Gasteiger partial charge in [-0.1, -0.05) is 0 Å². The lowest BCUT2D eigenvalue weighted by Gasteiger charge is -2.32. The molecule has 0 saturated carbocycles. The van der Waals surface area contributed by atoms with Crippen molar-refractivity contribution in [1.29, 1.82) is 0 Å². The second-order valence-corrected chi connectivity index (χ2v) is 7.06. The summed E-state index contributed by atoms with van der Waals surface area (Å²) in [6, 6.07) is -0.0251. The molecule has 2 rings (SSSR count). The van der Waals surface area contributed by atoms with Crippen LogP contribution in [0.1, 0.15) is 43.4 Å². The summed E-state index contributed by atoms with van der Waals surface area (Å²) in [6.07, 6.45) is 3.36. The van der Waals surface area contributed by atoms with Gasteiger partial charge in [0.15, 0.2) is 5.01 Å². The van der Waals surface area contributed by atoms with Crippen LogP contribution in [0.25, 0.3) is 0 Å². The van der Waals surface area contributed by atoms with Crippen LogP contribution in [-0.4, -0.2) is 41.1 Å². The van der Waals surface area contributed by atoms with Crippen molar-refractivity contribution in [3.63, 3.8) is 0 Å². The number of thiazole rings is 1. The molecule has 1 fully saturated rings. The maximum Gasteiger partial charge on any atom is 0.330 e. The van der Waals surface area contributed by atoms with Crippen LogP contribution in [-0.2, 0) is 9.63 Å². The number of hydrogen-bond donors (Lipinski definition) is 1. The van der Waals surface area contributed by atoms with Crippen molar-refractivity contribution in [3.8, 4) is 0 Å². The van der Waals surface area contributed by atoms with E-state index >= 15 is 0 Å². The molecule has 0 aliphatic carbocycles. The molecule has 6 nitrogen and oxygen atoms in total. The Hall–Kier alpha value is -1.47. The number of hydroxylamine groups is 2.